The lowest BCUT2D eigenvalue weighted by molar-refractivity contribution is -0.385. The molecular formula is C26H22N6O3S. The molecule has 3 aromatic carbocycles. The van der Waals surface area contributed by atoms with Crippen LogP contribution in [0.4, 0.5) is 5.69 Å². The third-order valence-electron chi connectivity index (χ3n) is 5.05. The minimum absolute atomic E-state index is 0.00449. The molecule has 0 fully saturated rings. The molecule has 0 saturated carbocycles. The molecule has 1 aromatic heterocycles. The molecule has 0 saturated heterocycles. The van der Waals surface area contributed by atoms with Crippen molar-refractivity contribution >= 4 is 35.6 Å². The summed E-state index contributed by atoms with van der Waals surface area (Å²) in [6.07, 6.45) is 4.44. The number of nitro groups is 1. The van der Waals surface area contributed by atoms with E-state index in [4.69, 9.17) is 0 Å². The topological polar surface area (TPSA) is 115 Å². The van der Waals surface area contributed by atoms with Crippen LogP contribution in [0.25, 0.3) is 23.2 Å². The molecule has 0 aliphatic carbocycles. The van der Waals surface area contributed by atoms with Gasteiger partial charge in [-0.2, -0.15) is 5.10 Å². The highest BCUT2D eigenvalue weighted by molar-refractivity contribution is 7.99. The lowest BCUT2D eigenvalue weighted by atomic mass is 10.2. The van der Waals surface area contributed by atoms with Gasteiger partial charge in [-0.25, -0.2) is 5.43 Å². The highest BCUT2D eigenvalue weighted by atomic mass is 32.2. The van der Waals surface area contributed by atoms with Gasteiger partial charge in [-0.05, 0) is 37.3 Å². The van der Waals surface area contributed by atoms with Crippen LogP contribution in [0.1, 0.15) is 11.1 Å². The fourth-order valence-electron chi connectivity index (χ4n) is 3.32. The van der Waals surface area contributed by atoms with Gasteiger partial charge in [0.1, 0.15) is 0 Å². The molecule has 10 heteroatoms. The number of carbonyl (C=O) groups is 1. The van der Waals surface area contributed by atoms with Gasteiger partial charge in [-0.1, -0.05) is 71.9 Å². The van der Waals surface area contributed by atoms with Crippen molar-refractivity contribution in [1.29, 1.82) is 0 Å². The van der Waals surface area contributed by atoms with Gasteiger partial charge < -0.3 is 0 Å². The van der Waals surface area contributed by atoms with E-state index in [1.165, 1.54) is 30.1 Å². The Morgan fingerprint density at radius 2 is 1.78 bits per heavy atom. The molecule has 1 heterocycles. The van der Waals surface area contributed by atoms with Crippen LogP contribution in [0, 0.1) is 17.0 Å². The number of aryl methyl sites for hydroxylation is 1. The molecule has 0 atom stereocenters. The van der Waals surface area contributed by atoms with E-state index in [0.29, 0.717) is 16.5 Å². The van der Waals surface area contributed by atoms with Gasteiger partial charge >= 0.3 is 0 Å². The Hall–Kier alpha value is -4.57. The fourth-order valence-corrected chi connectivity index (χ4v) is 4.06. The van der Waals surface area contributed by atoms with E-state index in [2.05, 4.69) is 20.7 Å². The lowest BCUT2D eigenvalue weighted by Crippen LogP contribution is -2.19. The first-order chi connectivity index (χ1) is 17.5. The third kappa shape index (κ3) is 6.10. The van der Waals surface area contributed by atoms with Crippen molar-refractivity contribution in [3.8, 4) is 17.1 Å². The summed E-state index contributed by atoms with van der Waals surface area (Å²) in [5.41, 5.74) is 5.83. The highest BCUT2D eigenvalue weighted by Gasteiger charge is 2.17. The monoisotopic (exact) mass is 498 g/mol. The number of hydrogen-bond acceptors (Lipinski definition) is 7. The minimum atomic E-state index is -0.450. The zero-order valence-electron chi connectivity index (χ0n) is 19.3. The first kappa shape index (κ1) is 24.6. The molecule has 36 heavy (non-hydrogen) atoms. The molecule has 0 bridgehead atoms. The van der Waals surface area contributed by atoms with Crippen LogP contribution < -0.4 is 5.43 Å². The van der Waals surface area contributed by atoms with E-state index in [1.807, 2.05) is 66.1 Å². The molecule has 180 valence electrons. The number of nitrogens with zero attached hydrogens (tertiary/aromatic N) is 5. The molecule has 0 aliphatic heterocycles. The van der Waals surface area contributed by atoms with Crippen molar-refractivity contribution in [1.82, 2.24) is 20.2 Å². The summed E-state index contributed by atoms with van der Waals surface area (Å²) >= 11 is 1.25. The second kappa shape index (κ2) is 11.7. The number of benzene rings is 3. The average Bonchev–Trinajstić information content (AvgIpc) is 3.32. The Kier molecular flexibility index (Phi) is 7.99. The molecule has 0 unspecified atom stereocenters. The van der Waals surface area contributed by atoms with Crippen molar-refractivity contribution in [3.63, 3.8) is 0 Å². The maximum atomic E-state index is 12.3. The number of para-hydroxylation sites is 1. The van der Waals surface area contributed by atoms with Crippen LogP contribution >= 0.6 is 11.8 Å². The Balaban J connectivity index is 1.42. The SMILES string of the molecule is Cc1ccc(-n2c(SCC(=O)N/N=C\C=C\c3ccccc3[N+](=O)[O-])nnc2-c2ccccc2)cc1. The van der Waals surface area contributed by atoms with Crippen LogP contribution in [0.15, 0.2) is 95.2 Å². The van der Waals surface area contributed by atoms with Gasteiger partial charge in [0.2, 0.25) is 0 Å². The molecule has 0 radical (unpaired) electrons. The molecule has 0 aliphatic rings. The minimum Gasteiger partial charge on any atom is -0.272 e. The number of allylic oxidation sites excluding steroid dienone is 1. The van der Waals surface area contributed by atoms with Crippen LogP contribution in [0.3, 0.4) is 0 Å². The van der Waals surface area contributed by atoms with E-state index in [0.717, 1.165) is 16.8 Å². The van der Waals surface area contributed by atoms with Crippen LogP contribution in [0.5, 0.6) is 0 Å². The number of carbonyl (C=O) groups excluding carboxylic acids is 1. The Morgan fingerprint density at radius 1 is 1.06 bits per heavy atom. The van der Waals surface area contributed by atoms with Gasteiger partial charge in [0.15, 0.2) is 11.0 Å². The highest BCUT2D eigenvalue weighted by Crippen LogP contribution is 2.28. The van der Waals surface area contributed by atoms with Crippen molar-refractivity contribution in [2.45, 2.75) is 12.1 Å². The number of nitro benzene ring substituents is 1. The van der Waals surface area contributed by atoms with Gasteiger partial charge in [0, 0.05) is 23.5 Å². The van der Waals surface area contributed by atoms with E-state index < -0.39 is 4.92 Å². The van der Waals surface area contributed by atoms with Gasteiger partial charge in [0.05, 0.1) is 16.2 Å². The maximum Gasteiger partial charge on any atom is 0.276 e. The van der Waals surface area contributed by atoms with Gasteiger partial charge in [0.25, 0.3) is 11.6 Å². The number of aromatic nitrogens is 3. The second-order valence-electron chi connectivity index (χ2n) is 7.62. The van der Waals surface area contributed by atoms with Crippen molar-refractivity contribution in [2.75, 3.05) is 5.75 Å². The summed E-state index contributed by atoms with van der Waals surface area (Å²) in [5, 5.41) is 24.2. The molecule has 4 aromatic rings. The van der Waals surface area contributed by atoms with Crippen LogP contribution in [0.2, 0.25) is 0 Å². The van der Waals surface area contributed by atoms with Crippen molar-refractivity contribution in [2.24, 2.45) is 5.10 Å². The lowest BCUT2D eigenvalue weighted by Gasteiger charge is -2.10. The Labute approximate surface area is 211 Å². The molecule has 1 N–H and O–H groups in total. The van der Waals surface area contributed by atoms with Gasteiger partial charge in [-0.15, -0.1) is 10.2 Å². The number of thioether (sulfide) groups is 1. The predicted molar refractivity (Wildman–Crippen MR) is 141 cm³/mol. The normalized spacial score (nSPS) is 11.2. The number of nitrogens with one attached hydrogen (secondary N) is 1. The summed E-state index contributed by atoms with van der Waals surface area (Å²) in [4.78, 5) is 23.0. The first-order valence-corrected chi connectivity index (χ1v) is 11.9. The van der Waals surface area contributed by atoms with E-state index >= 15 is 0 Å². The summed E-state index contributed by atoms with van der Waals surface area (Å²) < 4.78 is 1.92. The number of hydrogen-bond donors (Lipinski definition) is 1. The fraction of sp³-hybridized carbons (Fsp3) is 0.0769. The largest absolute Gasteiger partial charge is 0.276 e. The van der Waals surface area contributed by atoms with Crippen molar-refractivity contribution < 1.29 is 9.72 Å². The Bertz CT molecular complexity index is 1420. The second-order valence-corrected chi connectivity index (χ2v) is 8.56. The summed E-state index contributed by atoms with van der Waals surface area (Å²) in [7, 11) is 0. The van der Waals surface area contributed by atoms with Crippen LogP contribution in [-0.2, 0) is 4.79 Å². The average molecular weight is 499 g/mol. The van der Waals surface area contributed by atoms with E-state index in [9.17, 15) is 14.9 Å². The predicted octanol–water partition coefficient (Wildman–Crippen LogP) is 5.06. The van der Waals surface area contributed by atoms with E-state index in [1.54, 1.807) is 24.3 Å². The standard InChI is InChI=1S/C26H22N6O3S/c1-19-13-15-22(16-14-19)31-25(21-9-3-2-4-10-21)29-30-26(31)36-18-24(33)28-27-17-7-11-20-8-5-6-12-23(20)32(34)35/h2-17H,18H2,1H3,(H,28,33)/b11-7+,27-17-. The van der Waals surface area contributed by atoms with Crippen molar-refractivity contribution in [3.05, 3.63) is 106 Å². The summed E-state index contributed by atoms with van der Waals surface area (Å²) in [6, 6.07) is 24.1. The molecule has 4 rings (SSSR count). The molecule has 0 spiro atoms. The zero-order chi connectivity index (χ0) is 25.3. The van der Waals surface area contributed by atoms with E-state index in [-0.39, 0.29) is 17.3 Å². The Morgan fingerprint density at radius 3 is 2.53 bits per heavy atom. The number of amides is 1. The summed E-state index contributed by atoms with van der Waals surface area (Å²) in [6.45, 7) is 2.02. The smallest absolute Gasteiger partial charge is 0.272 e. The van der Waals surface area contributed by atoms with Gasteiger partial charge in [-0.3, -0.25) is 19.5 Å². The first-order valence-electron chi connectivity index (χ1n) is 11.0. The molecule has 1 amide bonds. The maximum absolute atomic E-state index is 12.3. The third-order valence-corrected chi connectivity index (χ3v) is 5.98. The molecule has 9 nitrogen and oxygen atoms in total. The zero-order valence-corrected chi connectivity index (χ0v) is 20.1. The quantitative estimate of drug-likeness (QED) is 0.149. The molecular weight excluding hydrogens is 476 g/mol. The summed E-state index contributed by atoms with van der Waals surface area (Å²) in [5.74, 6) is 0.430. The number of rotatable bonds is 9. The van der Waals surface area contributed by atoms with Crippen LogP contribution in [-0.4, -0.2) is 37.6 Å². The number of hydrazone groups is 1.